The van der Waals surface area contributed by atoms with Crippen molar-refractivity contribution < 1.29 is 44.0 Å². The van der Waals surface area contributed by atoms with Crippen LogP contribution in [0.4, 0.5) is 4.39 Å². The van der Waals surface area contributed by atoms with Crippen molar-refractivity contribution in [3.63, 3.8) is 0 Å². The number of Topliss-reactive ketones (excluding diaryl/α,β-unsaturated/α-hetero) is 2. The Balaban J connectivity index is 1.88. The van der Waals surface area contributed by atoms with Crippen LogP contribution in [0.25, 0.3) is 5.76 Å². The number of benzene rings is 1. The Labute approximate surface area is 216 Å². The molecule has 0 saturated heterocycles. The molecular formula is C25H29FN4O8. The number of phenolic OH excluding ortho intramolecular Hbond substituents is 1. The Morgan fingerprint density at radius 3 is 2.34 bits per heavy atom. The molecule has 2 amide bonds. The van der Waals surface area contributed by atoms with E-state index in [1.54, 1.807) is 0 Å². The molecule has 4 atom stereocenters. The summed E-state index contributed by atoms with van der Waals surface area (Å²) in [4.78, 5) is 52.8. The monoisotopic (exact) mass is 532 g/mol. The van der Waals surface area contributed by atoms with Crippen LogP contribution in [0.3, 0.4) is 0 Å². The van der Waals surface area contributed by atoms with Gasteiger partial charge in [0.15, 0.2) is 11.4 Å². The Bertz CT molecular complexity index is 1350. The number of likely N-dealkylation sites (N-methyl/N-ethyl adjacent to an activating group) is 2. The molecule has 12 nitrogen and oxygen atoms in total. The number of rotatable bonds is 6. The summed E-state index contributed by atoms with van der Waals surface area (Å²) in [6.07, 6.45) is -0.334. The highest BCUT2D eigenvalue weighted by Crippen LogP contribution is 2.53. The molecule has 1 saturated carbocycles. The number of carbonyl (C=O) groups is 4. The molecule has 3 aliphatic rings. The maximum absolute atomic E-state index is 15.7. The topological polar surface area (TPSA) is 208 Å². The van der Waals surface area contributed by atoms with Gasteiger partial charge in [-0.05, 0) is 46.0 Å². The zero-order chi connectivity index (χ0) is 28.4. The summed E-state index contributed by atoms with van der Waals surface area (Å²) in [7, 11) is 4.50. The van der Waals surface area contributed by atoms with Gasteiger partial charge in [-0.3, -0.25) is 29.0 Å². The van der Waals surface area contributed by atoms with Crippen LogP contribution in [-0.4, -0.2) is 92.9 Å². The summed E-state index contributed by atoms with van der Waals surface area (Å²) in [5.74, 6) is -9.47. The number of primary amides is 2. The molecule has 8 N–H and O–H groups in total. The summed E-state index contributed by atoms with van der Waals surface area (Å²) < 4.78 is 15.7. The first-order valence-corrected chi connectivity index (χ1v) is 11.8. The maximum Gasteiger partial charge on any atom is 0.255 e. The van der Waals surface area contributed by atoms with Gasteiger partial charge >= 0.3 is 0 Å². The van der Waals surface area contributed by atoms with Crippen LogP contribution in [-0.2, 0) is 32.1 Å². The summed E-state index contributed by atoms with van der Waals surface area (Å²) in [5, 5.41) is 44.2. The molecule has 0 heterocycles. The third kappa shape index (κ3) is 3.85. The lowest BCUT2D eigenvalue weighted by atomic mass is 9.57. The van der Waals surface area contributed by atoms with E-state index in [4.69, 9.17) is 11.5 Å². The van der Waals surface area contributed by atoms with Crippen LogP contribution < -0.4 is 11.5 Å². The van der Waals surface area contributed by atoms with Gasteiger partial charge < -0.3 is 31.9 Å². The minimum Gasteiger partial charge on any atom is -0.508 e. The van der Waals surface area contributed by atoms with Gasteiger partial charge in [0.2, 0.25) is 11.7 Å². The lowest BCUT2D eigenvalue weighted by Gasteiger charge is -2.50. The van der Waals surface area contributed by atoms with E-state index in [0.717, 1.165) is 6.07 Å². The second-order valence-electron chi connectivity index (χ2n) is 10.3. The number of halogens is 1. The molecule has 0 aromatic heterocycles. The highest BCUT2D eigenvalue weighted by molar-refractivity contribution is 6.24. The van der Waals surface area contributed by atoms with E-state index in [-0.39, 0.29) is 48.2 Å². The zero-order valence-corrected chi connectivity index (χ0v) is 21.0. The minimum absolute atomic E-state index is 0.0191. The van der Waals surface area contributed by atoms with Crippen LogP contribution in [0.1, 0.15) is 23.1 Å². The molecule has 13 heteroatoms. The Morgan fingerprint density at radius 2 is 1.79 bits per heavy atom. The molecule has 3 aliphatic carbocycles. The highest BCUT2D eigenvalue weighted by atomic mass is 19.1. The van der Waals surface area contributed by atoms with E-state index >= 15 is 4.39 Å². The van der Waals surface area contributed by atoms with E-state index in [2.05, 4.69) is 0 Å². The van der Waals surface area contributed by atoms with Gasteiger partial charge in [-0.1, -0.05) is 0 Å². The van der Waals surface area contributed by atoms with Gasteiger partial charge in [-0.15, -0.1) is 0 Å². The fourth-order valence-electron chi connectivity index (χ4n) is 6.07. The van der Waals surface area contributed by atoms with E-state index in [9.17, 15) is 39.6 Å². The molecule has 204 valence electrons. The largest absolute Gasteiger partial charge is 0.508 e. The van der Waals surface area contributed by atoms with Crippen molar-refractivity contribution in [2.75, 3.05) is 27.7 Å². The number of ketones is 2. The third-order valence-corrected chi connectivity index (χ3v) is 7.60. The number of nitrogens with zero attached hydrogens (tertiary/aromatic N) is 2. The number of aliphatic hydroxyl groups excluding tert-OH is 2. The standard InChI is InChI=1S/C25H29FN4O8/c1-29(2)19-12-5-9-4-11-16(13(31)6-10(18(11)26)7-30(3)8-14(27)32)20(33)15(9)22(35)25(12,38)23(36)17(21(19)34)24(28)37/h6,9,12,19,31,33,36,38H,4-5,7-8H2,1-3H3,(H2,27,32)(H2,28,37)/t9-,12-,19-,25-/m0/s1. The van der Waals surface area contributed by atoms with Crippen molar-refractivity contribution in [1.82, 2.24) is 9.80 Å². The summed E-state index contributed by atoms with van der Waals surface area (Å²) in [6, 6.07) is -0.184. The number of aliphatic hydroxyl groups is 3. The molecule has 0 spiro atoms. The van der Waals surface area contributed by atoms with Crippen LogP contribution in [0.15, 0.2) is 23.0 Å². The first-order valence-electron chi connectivity index (χ1n) is 11.8. The Hall–Kier alpha value is -3.81. The van der Waals surface area contributed by atoms with Gasteiger partial charge in [-0.25, -0.2) is 4.39 Å². The van der Waals surface area contributed by atoms with E-state index in [1.165, 1.54) is 30.9 Å². The third-order valence-electron chi connectivity index (χ3n) is 7.60. The van der Waals surface area contributed by atoms with E-state index in [1.807, 2.05) is 0 Å². The molecule has 1 aromatic carbocycles. The smallest absolute Gasteiger partial charge is 0.255 e. The Kier molecular flexibility index (Phi) is 6.58. The number of aromatic hydroxyl groups is 1. The number of hydrogen-bond donors (Lipinski definition) is 6. The number of amides is 2. The average molecular weight is 533 g/mol. The van der Waals surface area contributed by atoms with Crippen molar-refractivity contribution >= 4 is 29.1 Å². The molecule has 1 fully saturated rings. The number of phenols is 1. The van der Waals surface area contributed by atoms with Gasteiger partial charge in [0.05, 0.1) is 18.2 Å². The van der Waals surface area contributed by atoms with Gasteiger partial charge in [0, 0.05) is 29.2 Å². The minimum atomic E-state index is -2.77. The SMILES string of the molecule is CN(CC(N)=O)Cc1cc(O)c2c(c1F)C[C@H]1C[C@H]3[C@H](N(C)C)C(=O)C(C(N)=O)=C(O)[C@@]3(O)C(=O)C1=C2O. The van der Waals surface area contributed by atoms with Crippen LogP contribution in [0, 0.1) is 17.7 Å². The van der Waals surface area contributed by atoms with E-state index in [0.29, 0.717) is 0 Å². The van der Waals surface area contributed by atoms with Crippen molar-refractivity contribution in [2.24, 2.45) is 23.3 Å². The normalized spacial score (nSPS) is 27.0. The summed E-state index contributed by atoms with van der Waals surface area (Å²) in [5.41, 5.74) is 6.01. The lowest BCUT2D eigenvalue weighted by molar-refractivity contribution is -0.153. The fourth-order valence-corrected chi connectivity index (χ4v) is 6.07. The van der Waals surface area contributed by atoms with Crippen LogP contribution >= 0.6 is 0 Å². The highest BCUT2D eigenvalue weighted by Gasteiger charge is 2.64. The fraction of sp³-hybridized carbons (Fsp3) is 0.440. The van der Waals surface area contributed by atoms with E-state index < -0.39 is 75.5 Å². The van der Waals surface area contributed by atoms with Crippen LogP contribution in [0.2, 0.25) is 0 Å². The molecule has 0 bridgehead atoms. The second-order valence-corrected chi connectivity index (χ2v) is 10.3. The molecule has 4 rings (SSSR count). The number of carbonyl (C=O) groups excluding carboxylic acids is 4. The zero-order valence-electron chi connectivity index (χ0n) is 21.0. The number of nitrogens with two attached hydrogens (primary N) is 2. The van der Waals surface area contributed by atoms with Crippen molar-refractivity contribution in [1.29, 1.82) is 0 Å². The maximum atomic E-state index is 15.7. The molecule has 0 unspecified atom stereocenters. The predicted molar refractivity (Wildman–Crippen MR) is 130 cm³/mol. The molecule has 38 heavy (non-hydrogen) atoms. The van der Waals surface area contributed by atoms with Crippen molar-refractivity contribution in [3.8, 4) is 5.75 Å². The molecule has 0 radical (unpaired) electrons. The quantitative estimate of drug-likeness (QED) is 0.247. The second kappa shape index (κ2) is 9.19. The Morgan fingerprint density at radius 1 is 1.16 bits per heavy atom. The number of hydrogen-bond acceptors (Lipinski definition) is 10. The van der Waals surface area contributed by atoms with Gasteiger partial charge in [0.25, 0.3) is 5.91 Å². The lowest BCUT2D eigenvalue weighted by Crippen LogP contribution is -2.65. The first-order chi connectivity index (χ1) is 17.6. The molecule has 0 aliphatic heterocycles. The number of fused-ring (bicyclic) bond motifs is 3. The molecular weight excluding hydrogens is 503 g/mol. The summed E-state index contributed by atoms with van der Waals surface area (Å²) in [6.45, 7) is -0.265. The average Bonchev–Trinajstić information content (AvgIpc) is 2.78. The van der Waals surface area contributed by atoms with Gasteiger partial charge in [0.1, 0.15) is 28.7 Å². The van der Waals surface area contributed by atoms with Crippen molar-refractivity contribution in [3.05, 3.63) is 45.5 Å². The summed E-state index contributed by atoms with van der Waals surface area (Å²) >= 11 is 0. The van der Waals surface area contributed by atoms with Gasteiger partial charge in [-0.2, -0.15) is 0 Å². The first kappa shape index (κ1) is 27.2. The van der Waals surface area contributed by atoms with Crippen molar-refractivity contribution in [2.45, 2.75) is 31.0 Å². The predicted octanol–water partition coefficient (Wildman–Crippen LogP) is -0.980. The van der Waals surface area contributed by atoms with Crippen LogP contribution in [0.5, 0.6) is 5.75 Å². The molecule has 1 aromatic rings.